The van der Waals surface area contributed by atoms with Gasteiger partial charge in [0.25, 0.3) is 0 Å². The Labute approximate surface area is 173 Å². The highest BCUT2D eigenvalue weighted by Crippen LogP contribution is 2.48. The van der Waals surface area contributed by atoms with Crippen LogP contribution in [-0.2, 0) is 23.9 Å². The van der Waals surface area contributed by atoms with Crippen molar-refractivity contribution in [2.45, 2.75) is 62.8 Å². The number of nitrogens with one attached hydrogen (secondary N) is 1. The van der Waals surface area contributed by atoms with Crippen LogP contribution < -0.4 is 5.32 Å². The second kappa shape index (κ2) is 6.98. The van der Waals surface area contributed by atoms with Crippen molar-refractivity contribution in [3.8, 4) is 0 Å². The van der Waals surface area contributed by atoms with Crippen LogP contribution in [0.15, 0.2) is 36.4 Å². The number of rotatable bonds is 3. The average Bonchev–Trinajstić information content (AvgIpc) is 3.07. The molecule has 29 heavy (non-hydrogen) atoms. The molecule has 2 aromatic carbocycles. The molecule has 0 saturated carbocycles. The normalized spacial score (nSPS) is 26.0. The minimum atomic E-state index is -4.94. The number of alkyl halides is 4. The van der Waals surface area contributed by atoms with Gasteiger partial charge in [0.2, 0.25) is 5.67 Å². The van der Waals surface area contributed by atoms with Gasteiger partial charge in [0.05, 0.1) is 0 Å². The van der Waals surface area contributed by atoms with Crippen molar-refractivity contribution in [1.82, 2.24) is 5.32 Å². The molecule has 0 spiro atoms. The molecule has 6 heteroatoms. The van der Waals surface area contributed by atoms with Gasteiger partial charge < -0.3 is 5.32 Å². The molecule has 2 aromatic rings. The summed E-state index contributed by atoms with van der Waals surface area (Å²) < 4.78 is 54.2. The number of hydrogen-bond acceptors (Lipinski definition) is 1. The fourth-order valence-corrected chi connectivity index (χ4v) is 5.19. The van der Waals surface area contributed by atoms with E-state index in [1.54, 1.807) is 6.07 Å². The number of halogens is 5. The fourth-order valence-electron chi connectivity index (χ4n) is 5.07. The lowest BCUT2D eigenvalue weighted by Gasteiger charge is -2.42. The molecule has 1 aliphatic heterocycles. The first-order valence-electron chi connectivity index (χ1n) is 9.92. The lowest BCUT2D eigenvalue weighted by molar-refractivity contribution is -0.228. The standard InChI is InChI=1S/C23H24ClF4N/c1-14-11-15(3-7-19(14)24)13-22-9-10-29-20(22)8-4-16-12-17(5-6-18(16)22)21(2,25)23(26,27)28/h3,5-7,11-12,20,29H,4,8-10,13H2,1-2H3. The van der Waals surface area contributed by atoms with Crippen LogP contribution in [0.5, 0.6) is 0 Å². The summed E-state index contributed by atoms with van der Waals surface area (Å²) in [5.41, 5.74) is 0.181. The van der Waals surface area contributed by atoms with Crippen LogP contribution in [0.2, 0.25) is 5.02 Å². The van der Waals surface area contributed by atoms with Crippen LogP contribution in [-0.4, -0.2) is 18.8 Å². The van der Waals surface area contributed by atoms with Gasteiger partial charge in [-0.15, -0.1) is 0 Å². The Bertz CT molecular complexity index is 937. The van der Waals surface area contributed by atoms with Crippen LogP contribution in [0.3, 0.4) is 0 Å². The minimum absolute atomic E-state index is 0.197. The third-order valence-corrected chi connectivity index (χ3v) is 7.21. The van der Waals surface area contributed by atoms with E-state index in [9.17, 15) is 17.6 Å². The molecule has 3 atom stereocenters. The highest BCUT2D eigenvalue weighted by molar-refractivity contribution is 6.31. The summed E-state index contributed by atoms with van der Waals surface area (Å²) in [6.45, 7) is 3.43. The number of hydrogen-bond donors (Lipinski definition) is 1. The molecule has 1 nitrogen and oxygen atoms in total. The first-order chi connectivity index (χ1) is 13.5. The van der Waals surface area contributed by atoms with Gasteiger partial charge in [-0.25, -0.2) is 4.39 Å². The molecule has 1 heterocycles. The maximum absolute atomic E-state index is 14.5. The predicted octanol–water partition coefficient (Wildman–Crippen LogP) is 6.18. The highest BCUT2D eigenvalue weighted by Gasteiger charge is 2.54. The lowest BCUT2D eigenvalue weighted by atomic mass is 9.63. The zero-order valence-corrected chi connectivity index (χ0v) is 17.2. The van der Waals surface area contributed by atoms with E-state index in [-0.39, 0.29) is 17.0 Å². The van der Waals surface area contributed by atoms with Crippen molar-refractivity contribution in [3.05, 3.63) is 69.2 Å². The van der Waals surface area contributed by atoms with Crippen LogP contribution >= 0.6 is 11.6 Å². The molecule has 156 valence electrons. The molecule has 0 aromatic heterocycles. The van der Waals surface area contributed by atoms with Gasteiger partial charge in [0, 0.05) is 16.5 Å². The third kappa shape index (κ3) is 3.36. The highest BCUT2D eigenvalue weighted by atomic mass is 35.5. The molecular weight excluding hydrogens is 402 g/mol. The van der Waals surface area contributed by atoms with E-state index >= 15 is 0 Å². The topological polar surface area (TPSA) is 12.0 Å². The summed E-state index contributed by atoms with van der Waals surface area (Å²) in [7, 11) is 0. The van der Waals surface area contributed by atoms with E-state index < -0.39 is 11.8 Å². The van der Waals surface area contributed by atoms with Crippen molar-refractivity contribution in [1.29, 1.82) is 0 Å². The maximum atomic E-state index is 14.5. The van der Waals surface area contributed by atoms with Crippen molar-refractivity contribution in [3.63, 3.8) is 0 Å². The molecular formula is C23H24ClF4N. The minimum Gasteiger partial charge on any atom is -0.313 e. The second-order valence-electron chi connectivity index (χ2n) is 8.58. The Balaban J connectivity index is 1.77. The summed E-state index contributed by atoms with van der Waals surface area (Å²) >= 11 is 6.17. The lowest BCUT2D eigenvalue weighted by Crippen LogP contribution is -2.46. The van der Waals surface area contributed by atoms with Crippen LogP contribution in [0.1, 0.15) is 47.6 Å². The van der Waals surface area contributed by atoms with Gasteiger partial charge in [-0.1, -0.05) is 41.9 Å². The summed E-state index contributed by atoms with van der Waals surface area (Å²) in [6, 6.07) is 10.7. The zero-order chi connectivity index (χ0) is 21.0. The Hall–Kier alpha value is -1.59. The van der Waals surface area contributed by atoms with Gasteiger partial charge in [0.15, 0.2) is 0 Å². The van der Waals surface area contributed by atoms with Crippen molar-refractivity contribution in [2.75, 3.05) is 6.54 Å². The Morgan fingerprint density at radius 3 is 2.59 bits per heavy atom. The average molecular weight is 426 g/mol. The molecule has 4 rings (SSSR count). The van der Waals surface area contributed by atoms with Crippen LogP contribution in [0, 0.1) is 6.92 Å². The molecule has 0 bridgehead atoms. The Kier molecular flexibility index (Phi) is 4.98. The van der Waals surface area contributed by atoms with E-state index in [4.69, 9.17) is 11.6 Å². The van der Waals surface area contributed by atoms with Crippen LogP contribution in [0.4, 0.5) is 17.6 Å². The van der Waals surface area contributed by atoms with E-state index in [0.717, 1.165) is 53.1 Å². The smallest absolute Gasteiger partial charge is 0.313 e. The molecule has 0 amide bonds. The van der Waals surface area contributed by atoms with E-state index in [1.807, 2.05) is 19.1 Å². The van der Waals surface area contributed by atoms with Gasteiger partial charge in [0.1, 0.15) is 0 Å². The molecule has 3 unspecified atom stereocenters. The number of benzene rings is 2. The SMILES string of the molecule is Cc1cc(CC23CCNC2CCc2cc(C(C)(F)C(F)(F)F)ccc23)ccc1Cl. The third-order valence-electron chi connectivity index (χ3n) is 6.79. The predicted molar refractivity (Wildman–Crippen MR) is 107 cm³/mol. The largest absolute Gasteiger partial charge is 0.426 e. The van der Waals surface area contributed by atoms with Crippen molar-refractivity contribution < 1.29 is 17.6 Å². The molecule has 1 fully saturated rings. The number of fused-ring (bicyclic) bond motifs is 3. The summed E-state index contributed by atoms with van der Waals surface area (Å²) in [6.07, 6.45) is -1.78. The quantitative estimate of drug-likeness (QED) is 0.578. The van der Waals surface area contributed by atoms with E-state index in [1.165, 1.54) is 12.1 Å². The molecule has 2 aliphatic rings. The Morgan fingerprint density at radius 1 is 1.14 bits per heavy atom. The van der Waals surface area contributed by atoms with E-state index in [0.29, 0.717) is 13.3 Å². The van der Waals surface area contributed by atoms with Gasteiger partial charge in [-0.05, 0) is 80.0 Å². The summed E-state index contributed by atoms with van der Waals surface area (Å²) in [4.78, 5) is 0. The van der Waals surface area contributed by atoms with Crippen molar-refractivity contribution >= 4 is 11.6 Å². The van der Waals surface area contributed by atoms with Gasteiger partial charge >= 0.3 is 6.18 Å². The first-order valence-corrected chi connectivity index (χ1v) is 10.3. The maximum Gasteiger partial charge on any atom is 0.426 e. The molecule has 0 radical (unpaired) electrons. The molecule has 1 N–H and O–H groups in total. The molecule has 1 aliphatic carbocycles. The van der Waals surface area contributed by atoms with E-state index in [2.05, 4.69) is 11.4 Å². The monoisotopic (exact) mass is 425 g/mol. The summed E-state index contributed by atoms with van der Waals surface area (Å²) in [5.74, 6) is 0. The summed E-state index contributed by atoms with van der Waals surface area (Å²) in [5, 5.41) is 4.29. The van der Waals surface area contributed by atoms with Crippen LogP contribution in [0.25, 0.3) is 0 Å². The zero-order valence-electron chi connectivity index (χ0n) is 16.5. The number of aryl methyl sites for hydroxylation is 2. The first kappa shape index (κ1) is 20.7. The Morgan fingerprint density at radius 2 is 1.90 bits per heavy atom. The fraction of sp³-hybridized carbons (Fsp3) is 0.478. The van der Waals surface area contributed by atoms with Gasteiger partial charge in [-0.2, -0.15) is 13.2 Å². The second-order valence-corrected chi connectivity index (χ2v) is 8.99. The van der Waals surface area contributed by atoms with Crippen molar-refractivity contribution in [2.24, 2.45) is 0 Å². The molecule has 1 saturated heterocycles. The van der Waals surface area contributed by atoms with Gasteiger partial charge in [-0.3, -0.25) is 0 Å².